The molecule has 0 bridgehead atoms. The number of pyridine rings is 1. The number of nitrogens with one attached hydrogen (secondary N) is 1. The Morgan fingerprint density at radius 1 is 1.19 bits per heavy atom. The van der Waals surface area contributed by atoms with Crippen molar-refractivity contribution in [2.24, 2.45) is 0 Å². The molecule has 0 unspecified atom stereocenters. The maximum absolute atomic E-state index is 12.1. The molecule has 1 aromatic carbocycles. The first kappa shape index (κ1) is 17.2. The van der Waals surface area contributed by atoms with Gasteiger partial charge in [-0.05, 0) is 54.5 Å². The average Bonchev–Trinajstić information content (AvgIpc) is 3.25. The summed E-state index contributed by atoms with van der Waals surface area (Å²) in [6.07, 6.45) is 7.73. The monoisotopic (exact) mass is 365 g/mol. The Morgan fingerprint density at radius 2 is 2.08 bits per heavy atom. The molecule has 5 heteroatoms. The van der Waals surface area contributed by atoms with Crippen molar-refractivity contribution in [1.29, 1.82) is 0 Å². The molecule has 4 rings (SSSR count). The van der Waals surface area contributed by atoms with Gasteiger partial charge in [0.15, 0.2) is 0 Å². The molecule has 4 nitrogen and oxygen atoms in total. The van der Waals surface area contributed by atoms with Gasteiger partial charge in [0.2, 0.25) is 5.91 Å². The van der Waals surface area contributed by atoms with E-state index in [0.29, 0.717) is 12.3 Å². The van der Waals surface area contributed by atoms with E-state index in [-0.39, 0.29) is 5.91 Å². The SMILES string of the molecule is Cc1ccc2nc(CSCC(=O)NCc3ccc4c(c3)CCC4)cn2c1. The Hall–Kier alpha value is -2.27. The number of aromatic nitrogens is 2. The highest BCUT2D eigenvalue weighted by Crippen LogP contribution is 2.22. The van der Waals surface area contributed by atoms with Crippen molar-refractivity contribution in [1.82, 2.24) is 14.7 Å². The van der Waals surface area contributed by atoms with Crippen LogP contribution in [0.4, 0.5) is 0 Å². The van der Waals surface area contributed by atoms with Crippen LogP contribution >= 0.6 is 11.8 Å². The average molecular weight is 366 g/mol. The van der Waals surface area contributed by atoms with Gasteiger partial charge in [-0.15, -0.1) is 11.8 Å². The van der Waals surface area contributed by atoms with Crippen LogP contribution in [0, 0.1) is 6.92 Å². The van der Waals surface area contributed by atoms with E-state index in [1.165, 1.54) is 41.5 Å². The number of nitrogens with zero attached hydrogens (tertiary/aromatic N) is 2. The van der Waals surface area contributed by atoms with Gasteiger partial charge in [0.25, 0.3) is 0 Å². The number of thioether (sulfide) groups is 1. The van der Waals surface area contributed by atoms with Gasteiger partial charge in [0.1, 0.15) is 5.65 Å². The van der Waals surface area contributed by atoms with Crippen LogP contribution in [0.2, 0.25) is 0 Å². The molecule has 26 heavy (non-hydrogen) atoms. The molecule has 1 aliphatic carbocycles. The molecule has 0 saturated carbocycles. The summed E-state index contributed by atoms with van der Waals surface area (Å²) >= 11 is 1.60. The van der Waals surface area contributed by atoms with Crippen molar-refractivity contribution in [2.45, 2.75) is 38.5 Å². The summed E-state index contributed by atoms with van der Waals surface area (Å²) in [5.41, 5.74) is 7.28. The molecule has 3 aromatic rings. The van der Waals surface area contributed by atoms with Crippen LogP contribution in [0.5, 0.6) is 0 Å². The minimum atomic E-state index is 0.0788. The second kappa shape index (κ2) is 7.54. The zero-order chi connectivity index (χ0) is 17.9. The van der Waals surface area contributed by atoms with Crippen LogP contribution in [0.1, 0.15) is 34.4 Å². The van der Waals surface area contributed by atoms with Gasteiger partial charge >= 0.3 is 0 Å². The molecular weight excluding hydrogens is 342 g/mol. The van der Waals surface area contributed by atoms with Gasteiger partial charge in [-0.3, -0.25) is 4.79 Å². The summed E-state index contributed by atoms with van der Waals surface area (Å²) in [4.78, 5) is 16.7. The fourth-order valence-corrected chi connectivity index (χ4v) is 4.20. The van der Waals surface area contributed by atoms with Crippen molar-refractivity contribution in [2.75, 3.05) is 5.75 Å². The zero-order valence-corrected chi connectivity index (χ0v) is 15.8. The lowest BCUT2D eigenvalue weighted by Crippen LogP contribution is -2.24. The molecule has 1 amide bonds. The van der Waals surface area contributed by atoms with E-state index < -0.39 is 0 Å². The van der Waals surface area contributed by atoms with Crippen LogP contribution in [-0.4, -0.2) is 21.0 Å². The fraction of sp³-hybridized carbons (Fsp3) is 0.333. The largest absolute Gasteiger partial charge is 0.351 e. The quantitative estimate of drug-likeness (QED) is 0.725. The minimum absolute atomic E-state index is 0.0788. The summed E-state index contributed by atoms with van der Waals surface area (Å²) in [6.45, 7) is 2.68. The Kier molecular flexibility index (Phi) is 4.98. The summed E-state index contributed by atoms with van der Waals surface area (Å²) in [5, 5.41) is 3.03. The molecule has 0 radical (unpaired) electrons. The lowest BCUT2D eigenvalue weighted by atomic mass is 10.1. The van der Waals surface area contributed by atoms with Gasteiger partial charge in [0, 0.05) is 24.7 Å². The zero-order valence-electron chi connectivity index (χ0n) is 15.0. The van der Waals surface area contributed by atoms with E-state index in [1.54, 1.807) is 11.8 Å². The number of imidazole rings is 1. The number of fused-ring (bicyclic) bond motifs is 2. The van der Waals surface area contributed by atoms with E-state index in [0.717, 1.165) is 17.1 Å². The van der Waals surface area contributed by atoms with E-state index in [9.17, 15) is 4.79 Å². The Bertz CT molecular complexity index is 948. The second-order valence-corrected chi connectivity index (χ2v) is 7.92. The smallest absolute Gasteiger partial charge is 0.230 e. The van der Waals surface area contributed by atoms with Crippen molar-refractivity contribution >= 4 is 23.3 Å². The Labute approximate surface area is 158 Å². The van der Waals surface area contributed by atoms with Crippen LogP contribution < -0.4 is 5.32 Å². The topological polar surface area (TPSA) is 46.4 Å². The predicted octanol–water partition coefficient (Wildman–Crippen LogP) is 3.68. The standard InChI is InChI=1S/C21H23N3OS/c1-15-5-8-20-23-19(12-24(20)11-15)13-26-14-21(25)22-10-16-6-7-17-3-2-4-18(17)9-16/h5-9,11-12H,2-4,10,13-14H2,1H3,(H,22,25). The highest BCUT2D eigenvalue weighted by atomic mass is 32.2. The van der Waals surface area contributed by atoms with E-state index in [1.807, 2.05) is 16.7 Å². The molecule has 0 saturated heterocycles. The maximum atomic E-state index is 12.1. The number of rotatable bonds is 6. The number of amides is 1. The van der Waals surface area contributed by atoms with Gasteiger partial charge in [-0.1, -0.05) is 24.3 Å². The number of aryl methyl sites for hydroxylation is 3. The van der Waals surface area contributed by atoms with E-state index in [2.05, 4.69) is 47.7 Å². The lowest BCUT2D eigenvalue weighted by Gasteiger charge is -2.07. The van der Waals surface area contributed by atoms with Gasteiger partial charge in [-0.25, -0.2) is 4.98 Å². The van der Waals surface area contributed by atoms with Gasteiger partial charge in [-0.2, -0.15) is 0 Å². The number of hydrogen-bond donors (Lipinski definition) is 1. The molecule has 1 aliphatic rings. The third kappa shape index (κ3) is 3.93. The van der Waals surface area contributed by atoms with Crippen molar-refractivity contribution in [3.05, 3.63) is 70.7 Å². The highest BCUT2D eigenvalue weighted by molar-refractivity contribution is 7.99. The maximum Gasteiger partial charge on any atom is 0.230 e. The van der Waals surface area contributed by atoms with Crippen LogP contribution in [0.3, 0.4) is 0 Å². The molecule has 2 heterocycles. The normalized spacial score (nSPS) is 13.1. The molecule has 0 aliphatic heterocycles. The number of benzene rings is 1. The van der Waals surface area contributed by atoms with E-state index in [4.69, 9.17) is 0 Å². The molecule has 0 spiro atoms. The van der Waals surface area contributed by atoms with Crippen molar-refractivity contribution < 1.29 is 4.79 Å². The molecule has 0 atom stereocenters. The number of hydrogen-bond acceptors (Lipinski definition) is 3. The van der Waals surface area contributed by atoms with Crippen LogP contribution in [-0.2, 0) is 29.9 Å². The van der Waals surface area contributed by atoms with E-state index >= 15 is 0 Å². The van der Waals surface area contributed by atoms with Gasteiger partial charge < -0.3 is 9.72 Å². The van der Waals surface area contributed by atoms with Gasteiger partial charge in [0.05, 0.1) is 11.4 Å². The Morgan fingerprint density at radius 3 is 3.00 bits per heavy atom. The summed E-state index contributed by atoms with van der Waals surface area (Å²) in [7, 11) is 0. The first-order valence-corrected chi connectivity index (χ1v) is 10.2. The molecular formula is C21H23N3OS. The lowest BCUT2D eigenvalue weighted by molar-refractivity contribution is -0.118. The summed E-state index contributed by atoms with van der Waals surface area (Å²) < 4.78 is 2.04. The summed E-state index contributed by atoms with van der Waals surface area (Å²) in [6, 6.07) is 10.7. The van der Waals surface area contributed by atoms with Crippen molar-refractivity contribution in [3.8, 4) is 0 Å². The first-order chi connectivity index (χ1) is 12.7. The minimum Gasteiger partial charge on any atom is -0.351 e. The molecule has 134 valence electrons. The molecule has 0 fully saturated rings. The third-order valence-electron chi connectivity index (χ3n) is 4.78. The number of carbonyl (C=O) groups excluding carboxylic acids is 1. The first-order valence-electron chi connectivity index (χ1n) is 9.07. The fourth-order valence-electron chi connectivity index (χ4n) is 3.46. The number of carbonyl (C=O) groups is 1. The third-order valence-corrected chi connectivity index (χ3v) is 5.75. The Balaban J connectivity index is 1.24. The molecule has 2 aromatic heterocycles. The van der Waals surface area contributed by atoms with Crippen molar-refractivity contribution in [3.63, 3.8) is 0 Å². The van der Waals surface area contributed by atoms with Crippen LogP contribution in [0.15, 0.2) is 42.7 Å². The second-order valence-electron chi connectivity index (χ2n) is 6.93. The van der Waals surface area contributed by atoms with Crippen LogP contribution in [0.25, 0.3) is 5.65 Å². The highest BCUT2D eigenvalue weighted by Gasteiger charge is 2.11. The predicted molar refractivity (Wildman–Crippen MR) is 106 cm³/mol. The molecule has 1 N–H and O–H groups in total. The summed E-state index contributed by atoms with van der Waals surface area (Å²) in [5.74, 6) is 1.28.